The third-order valence-electron chi connectivity index (χ3n) is 9.57. The molecule has 256 valence electrons. The number of aryl methyl sites for hydroxylation is 1. The Morgan fingerprint density at radius 3 is 2.56 bits per heavy atom. The fourth-order valence-electron chi connectivity index (χ4n) is 7.33. The number of rotatable bonds is 9. The van der Waals surface area contributed by atoms with Crippen LogP contribution in [-0.4, -0.2) is 79.6 Å². The molecule has 2 bridgehead atoms. The summed E-state index contributed by atoms with van der Waals surface area (Å²) in [5.41, 5.74) is 2.64. The highest BCUT2D eigenvalue weighted by atomic mass is 32.2. The molecular formula is C34H41F2N7O4S. The Labute approximate surface area is 282 Å². The number of methoxy groups -OCH3 is 1. The van der Waals surface area contributed by atoms with Crippen molar-refractivity contribution in [1.82, 2.24) is 29.3 Å². The molecule has 0 radical (unpaired) electrons. The summed E-state index contributed by atoms with van der Waals surface area (Å²) in [6.45, 7) is 3.48. The molecule has 7 rings (SSSR count). The smallest absolute Gasteiger partial charge is 0.407 e. The van der Waals surface area contributed by atoms with Gasteiger partial charge in [-0.15, -0.1) is 0 Å². The van der Waals surface area contributed by atoms with E-state index in [2.05, 4.69) is 9.88 Å². The first-order valence-corrected chi connectivity index (χ1v) is 17.5. The predicted molar refractivity (Wildman–Crippen MR) is 181 cm³/mol. The second-order valence-electron chi connectivity index (χ2n) is 14.0. The van der Waals surface area contributed by atoms with Gasteiger partial charge in [0.2, 0.25) is 0 Å². The zero-order valence-corrected chi connectivity index (χ0v) is 28.8. The lowest BCUT2D eigenvalue weighted by molar-refractivity contribution is 0.0484. The molecule has 3 aliphatic rings. The summed E-state index contributed by atoms with van der Waals surface area (Å²) < 4.78 is 43.8. The number of carbonyl (C=O) groups excluding carboxylic acids is 2. The third kappa shape index (κ3) is 5.81. The molecule has 3 fully saturated rings. The molecule has 5 heterocycles. The van der Waals surface area contributed by atoms with Crippen LogP contribution in [0.3, 0.4) is 0 Å². The quantitative estimate of drug-likeness (QED) is 0.156. The van der Waals surface area contributed by atoms with Gasteiger partial charge < -0.3 is 28.8 Å². The van der Waals surface area contributed by atoms with E-state index in [1.807, 2.05) is 49.4 Å². The highest BCUT2D eigenvalue weighted by Crippen LogP contribution is 2.41. The lowest BCUT2D eigenvalue weighted by atomic mass is 9.96. The average Bonchev–Trinajstić information content (AvgIpc) is 3.34. The third-order valence-corrected chi connectivity index (χ3v) is 10.3. The Bertz CT molecular complexity index is 1900. The van der Waals surface area contributed by atoms with E-state index in [0.29, 0.717) is 47.2 Å². The Hall–Kier alpha value is -4.07. The SMILES string of the molecule is COc1cc(C(=O)N2[C@H]3CC[C@@H]2[C@H](NC(=O)OC(C)(C)C)C3)cc2nc(-c3cc4ccc(N(SC)C(F)F)nc4n3CC3CC3)n(C)c12. The van der Waals surface area contributed by atoms with Crippen LogP contribution in [-0.2, 0) is 18.3 Å². The standard InChI is InChI=1S/C34H41F2N7O4S/c1-34(2,3)47-33(45)38-22-16-21-10-11-24(22)42(21)31(44)20-13-23-28(26(15-20)46-5)40(4)30(37-23)25-14-19-9-12-27(43(48-6)32(35)36)39-29(19)41(25)17-18-7-8-18/h9,12-15,18,21-22,24,32H,7-8,10-11,16-17H2,1-6H3,(H,38,45)/t21-,22+,24+/m0/s1. The number of nitrogens with one attached hydrogen (secondary N) is 1. The zero-order valence-electron chi connectivity index (χ0n) is 28.0. The molecule has 2 amide bonds. The van der Waals surface area contributed by atoms with Crippen molar-refractivity contribution in [2.45, 2.75) is 89.7 Å². The molecule has 48 heavy (non-hydrogen) atoms. The molecule has 11 nitrogen and oxygen atoms in total. The minimum absolute atomic E-state index is 0.0195. The van der Waals surface area contributed by atoms with Crippen LogP contribution in [0.4, 0.5) is 19.4 Å². The van der Waals surface area contributed by atoms with E-state index < -0.39 is 18.2 Å². The van der Waals surface area contributed by atoms with Crippen LogP contribution in [0.25, 0.3) is 33.6 Å². The van der Waals surface area contributed by atoms with Crippen molar-refractivity contribution in [2.75, 3.05) is 17.7 Å². The number of imidazole rings is 1. The molecule has 14 heteroatoms. The first kappa shape index (κ1) is 32.5. The van der Waals surface area contributed by atoms with Gasteiger partial charge in [0.1, 0.15) is 28.3 Å². The Kier molecular flexibility index (Phi) is 8.20. The second kappa shape index (κ2) is 12.1. The maximum absolute atomic E-state index is 14.1. The largest absolute Gasteiger partial charge is 0.494 e. The molecule has 1 aromatic carbocycles. The Balaban J connectivity index is 1.24. The molecular weight excluding hydrogens is 640 g/mol. The van der Waals surface area contributed by atoms with Gasteiger partial charge in [0.25, 0.3) is 5.91 Å². The maximum Gasteiger partial charge on any atom is 0.407 e. The maximum atomic E-state index is 14.1. The van der Waals surface area contributed by atoms with E-state index >= 15 is 0 Å². The summed E-state index contributed by atoms with van der Waals surface area (Å²) in [6, 6.07) is 8.72. The molecule has 4 aromatic rings. The number of hydrogen-bond acceptors (Lipinski definition) is 8. The minimum Gasteiger partial charge on any atom is -0.494 e. The van der Waals surface area contributed by atoms with Crippen LogP contribution < -0.4 is 14.4 Å². The normalized spacial score (nSPS) is 20.7. The van der Waals surface area contributed by atoms with E-state index in [0.717, 1.165) is 58.5 Å². The summed E-state index contributed by atoms with van der Waals surface area (Å²) in [7, 11) is 3.48. The molecule has 3 aromatic heterocycles. The number of halogens is 2. The summed E-state index contributed by atoms with van der Waals surface area (Å²) in [6.07, 6.45) is 5.68. The number of benzene rings is 1. The number of ether oxygens (including phenoxy) is 2. The van der Waals surface area contributed by atoms with Gasteiger partial charge in [0.15, 0.2) is 5.82 Å². The monoisotopic (exact) mass is 681 g/mol. The van der Waals surface area contributed by atoms with Gasteiger partial charge in [-0.25, -0.2) is 19.1 Å². The molecule has 1 aliphatic carbocycles. The Morgan fingerprint density at radius 1 is 1.12 bits per heavy atom. The van der Waals surface area contributed by atoms with Crippen LogP contribution >= 0.6 is 11.9 Å². The highest BCUT2D eigenvalue weighted by Gasteiger charge is 2.49. The summed E-state index contributed by atoms with van der Waals surface area (Å²) in [4.78, 5) is 38.3. The second-order valence-corrected chi connectivity index (χ2v) is 14.8. The minimum atomic E-state index is -2.69. The van der Waals surface area contributed by atoms with Crippen LogP contribution in [0.5, 0.6) is 5.75 Å². The van der Waals surface area contributed by atoms with Crippen LogP contribution in [0.1, 0.15) is 63.2 Å². The summed E-state index contributed by atoms with van der Waals surface area (Å²) in [5.74, 6) is 1.73. The molecule has 0 spiro atoms. The topological polar surface area (TPSA) is 107 Å². The lowest BCUT2D eigenvalue weighted by Crippen LogP contribution is -2.46. The van der Waals surface area contributed by atoms with Crippen LogP contribution in [0.15, 0.2) is 30.3 Å². The zero-order chi connectivity index (χ0) is 34.1. The van der Waals surface area contributed by atoms with Crippen LogP contribution in [0, 0.1) is 5.92 Å². The van der Waals surface area contributed by atoms with Gasteiger partial charge >= 0.3 is 12.6 Å². The van der Waals surface area contributed by atoms with Crippen molar-refractivity contribution in [3.05, 3.63) is 35.9 Å². The van der Waals surface area contributed by atoms with Gasteiger partial charge in [-0.1, -0.05) is 0 Å². The first-order chi connectivity index (χ1) is 22.9. The summed E-state index contributed by atoms with van der Waals surface area (Å²) >= 11 is 0.932. The van der Waals surface area contributed by atoms with Gasteiger partial charge in [0.05, 0.1) is 30.4 Å². The Morgan fingerprint density at radius 2 is 1.90 bits per heavy atom. The molecule has 1 saturated carbocycles. The lowest BCUT2D eigenvalue weighted by Gasteiger charge is -2.27. The number of amides is 2. The van der Waals surface area contributed by atoms with Crippen molar-refractivity contribution < 1.29 is 27.8 Å². The number of alkyl carbamates (subject to hydrolysis) is 1. The van der Waals surface area contributed by atoms with Gasteiger partial charge in [-0.2, -0.15) is 8.78 Å². The van der Waals surface area contributed by atoms with Crippen molar-refractivity contribution in [3.8, 4) is 17.3 Å². The number of anilines is 1. The molecule has 2 saturated heterocycles. The molecule has 1 N–H and O–H groups in total. The van der Waals surface area contributed by atoms with E-state index in [9.17, 15) is 18.4 Å². The fraction of sp³-hybridized carbons (Fsp3) is 0.529. The van der Waals surface area contributed by atoms with E-state index in [4.69, 9.17) is 19.4 Å². The van der Waals surface area contributed by atoms with Crippen molar-refractivity contribution >= 4 is 51.8 Å². The molecule has 3 atom stereocenters. The van der Waals surface area contributed by atoms with E-state index in [1.165, 1.54) is 0 Å². The molecule has 0 unspecified atom stereocenters. The van der Waals surface area contributed by atoms with Crippen LogP contribution in [0.2, 0.25) is 0 Å². The van der Waals surface area contributed by atoms with Gasteiger partial charge in [-0.05, 0) is 101 Å². The van der Waals surface area contributed by atoms with Crippen molar-refractivity contribution in [1.29, 1.82) is 0 Å². The predicted octanol–water partition coefficient (Wildman–Crippen LogP) is 6.59. The molecule has 2 aliphatic heterocycles. The average molecular weight is 682 g/mol. The number of nitrogens with zero attached hydrogens (tertiary/aromatic N) is 6. The summed E-state index contributed by atoms with van der Waals surface area (Å²) in [5, 5.41) is 3.82. The number of aromatic nitrogens is 4. The van der Waals surface area contributed by atoms with Crippen molar-refractivity contribution in [2.24, 2.45) is 13.0 Å². The first-order valence-electron chi connectivity index (χ1n) is 16.4. The van der Waals surface area contributed by atoms with Crippen molar-refractivity contribution in [3.63, 3.8) is 0 Å². The highest BCUT2D eigenvalue weighted by molar-refractivity contribution is 7.99. The van der Waals surface area contributed by atoms with E-state index in [-0.39, 0.29) is 29.9 Å². The van der Waals surface area contributed by atoms with E-state index in [1.54, 1.807) is 31.6 Å². The number of pyridine rings is 1. The van der Waals surface area contributed by atoms with Gasteiger partial charge in [-0.3, -0.25) is 4.79 Å². The number of fused-ring (bicyclic) bond motifs is 4. The number of alkyl halides is 2. The number of carbonyl (C=O) groups is 2. The van der Waals surface area contributed by atoms with Gasteiger partial charge in [0, 0.05) is 36.8 Å². The number of hydrogen-bond donors (Lipinski definition) is 1. The fourth-order valence-corrected chi connectivity index (χ4v) is 7.78.